The van der Waals surface area contributed by atoms with E-state index in [1.807, 2.05) is 19.1 Å². The average molecular weight is 328 g/mol. The maximum atomic E-state index is 14.3. The van der Waals surface area contributed by atoms with Gasteiger partial charge in [-0.3, -0.25) is 0 Å². The lowest BCUT2D eigenvalue weighted by atomic mass is 9.95. The minimum absolute atomic E-state index is 0.102. The highest BCUT2D eigenvalue weighted by molar-refractivity contribution is 5.86. The highest BCUT2D eigenvalue weighted by Crippen LogP contribution is 2.28. The molecule has 0 saturated carbocycles. The Labute approximate surface area is 141 Å². The first-order valence-electron chi connectivity index (χ1n) is 7.74. The topological polar surface area (TPSA) is 46.5 Å². The molecule has 0 aliphatic rings. The summed E-state index contributed by atoms with van der Waals surface area (Å²) in [5.74, 6) is -0.747. The number of hydrogen-bond acceptors (Lipinski definition) is 3. The van der Waals surface area contributed by atoms with Crippen molar-refractivity contribution in [3.8, 4) is 11.1 Å². The van der Waals surface area contributed by atoms with Crippen molar-refractivity contribution in [2.45, 2.75) is 26.9 Å². The number of carbonyl (C=O) groups is 1. The SMILES string of the molecule is C=C(C)C(=O)OCCc1cc(CO)ccc1-c1ccc(C)cc1F. The van der Waals surface area contributed by atoms with Gasteiger partial charge in [0.15, 0.2) is 0 Å². The number of rotatable bonds is 6. The summed E-state index contributed by atoms with van der Waals surface area (Å²) in [6.45, 7) is 7.02. The summed E-state index contributed by atoms with van der Waals surface area (Å²) in [6.07, 6.45) is 0.426. The van der Waals surface area contributed by atoms with E-state index in [4.69, 9.17) is 4.74 Å². The number of benzene rings is 2. The van der Waals surface area contributed by atoms with Crippen LogP contribution in [-0.2, 0) is 22.6 Å². The van der Waals surface area contributed by atoms with E-state index in [0.717, 1.165) is 22.3 Å². The van der Waals surface area contributed by atoms with Crippen molar-refractivity contribution in [3.63, 3.8) is 0 Å². The maximum absolute atomic E-state index is 14.3. The molecule has 0 heterocycles. The number of hydrogen-bond donors (Lipinski definition) is 1. The summed E-state index contributed by atoms with van der Waals surface area (Å²) in [7, 11) is 0. The Morgan fingerprint density at radius 1 is 1.21 bits per heavy atom. The molecule has 126 valence electrons. The Morgan fingerprint density at radius 2 is 1.92 bits per heavy atom. The highest BCUT2D eigenvalue weighted by atomic mass is 19.1. The molecule has 0 aliphatic heterocycles. The summed E-state index contributed by atoms with van der Waals surface area (Å²) in [5, 5.41) is 9.33. The summed E-state index contributed by atoms with van der Waals surface area (Å²) in [4.78, 5) is 11.5. The molecule has 0 radical (unpaired) electrons. The maximum Gasteiger partial charge on any atom is 0.333 e. The second-order valence-corrected chi connectivity index (χ2v) is 5.80. The molecular weight excluding hydrogens is 307 g/mol. The van der Waals surface area contributed by atoms with Gasteiger partial charge in [-0.15, -0.1) is 0 Å². The van der Waals surface area contributed by atoms with Crippen LogP contribution < -0.4 is 0 Å². The van der Waals surface area contributed by atoms with Gasteiger partial charge in [-0.1, -0.05) is 36.9 Å². The zero-order valence-electron chi connectivity index (χ0n) is 13.9. The van der Waals surface area contributed by atoms with E-state index in [-0.39, 0.29) is 19.0 Å². The van der Waals surface area contributed by atoms with Crippen LogP contribution in [-0.4, -0.2) is 17.7 Å². The van der Waals surface area contributed by atoms with Crippen LogP contribution in [0.25, 0.3) is 11.1 Å². The lowest BCUT2D eigenvalue weighted by Gasteiger charge is -2.13. The van der Waals surface area contributed by atoms with Crippen LogP contribution >= 0.6 is 0 Å². The minimum atomic E-state index is -0.448. The molecule has 0 atom stereocenters. The van der Waals surface area contributed by atoms with Gasteiger partial charge >= 0.3 is 5.97 Å². The molecule has 0 bridgehead atoms. The lowest BCUT2D eigenvalue weighted by Crippen LogP contribution is -2.09. The van der Waals surface area contributed by atoms with Crippen LogP contribution in [0.3, 0.4) is 0 Å². The lowest BCUT2D eigenvalue weighted by molar-refractivity contribution is -0.138. The fraction of sp³-hybridized carbons (Fsp3) is 0.250. The van der Waals surface area contributed by atoms with Gasteiger partial charge in [-0.2, -0.15) is 0 Å². The number of aryl methyl sites for hydroxylation is 1. The number of aliphatic hydroxyl groups excluding tert-OH is 1. The summed E-state index contributed by atoms with van der Waals surface area (Å²) < 4.78 is 19.4. The van der Waals surface area contributed by atoms with Crippen LogP contribution in [0.2, 0.25) is 0 Å². The van der Waals surface area contributed by atoms with Crippen LogP contribution in [0.15, 0.2) is 48.6 Å². The number of aliphatic hydroxyl groups is 1. The van der Waals surface area contributed by atoms with Gasteiger partial charge in [-0.25, -0.2) is 9.18 Å². The number of carbonyl (C=O) groups excluding carboxylic acids is 1. The van der Waals surface area contributed by atoms with Crippen molar-refractivity contribution in [1.82, 2.24) is 0 Å². The van der Waals surface area contributed by atoms with Crippen molar-refractivity contribution in [3.05, 3.63) is 71.1 Å². The van der Waals surface area contributed by atoms with Crippen molar-refractivity contribution in [2.75, 3.05) is 6.61 Å². The van der Waals surface area contributed by atoms with Crippen molar-refractivity contribution >= 4 is 5.97 Å². The number of esters is 1. The standard InChI is InChI=1S/C20H21FO3/c1-13(2)20(23)24-9-8-16-11-15(12-22)5-7-17(16)18-6-4-14(3)10-19(18)21/h4-7,10-11,22H,1,8-9,12H2,2-3H3. The highest BCUT2D eigenvalue weighted by Gasteiger charge is 2.12. The molecule has 1 N–H and O–H groups in total. The summed E-state index contributed by atoms with van der Waals surface area (Å²) >= 11 is 0. The van der Waals surface area contributed by atoms with E-state index >= 15 is 0 Å². The Kier molecular flexibility index (Phi) is 5.88. The molecule has 24 heavy (non-hydrogen) atoms. The largest absolute Gasteiger partial charge is 0.462 e. The Hall–Kier alpha value is -2.46. The van der Waals surface area contributed by atoms with Crippen molar-refractivity contribution in [2.24, 2.45) is 0 Å². The smallest absolute Gasteiger partial charge is 0.333 e. The Morgan fingerprint density at radius 3 is 2.54 bits per heavy atom. The van der Waals surface area contributed by atoms with Crippen LogP contribution in [0, 0.1) is 12.7 Å². The molecule has 0 spiro atoms. The van der Waals surface area contributed by atoms with Crippen molar-refractivity contribution < 1.29 is 19.0 Å². The quantitative estimate of drug-likeness (QED) is 0.645. The fourth-order valence-corrected chi connectivity index (χ4v) is 2.43. The van der Waals surface area contributed by atoms with E-state index < -0.39 is 5.97 Å². The monoisotopic (exact) mass is 328 g/mol. The van der Waals surface area contributed by atoms with Gasteiger partial charge in [-0.05, 0) is 42.2 Å². The van der Waals surface area contributed by atoms with E-state index in [0.29, 0.717) is 17.6 Å². The number of ether oxygens (including phenoxy) is 1. The van der Waals surface area contributed by atoms with E-state index in [1.165, 1.54) is 6.07 Å². The first-order valence-corrected chi connectivity index (χ1v) is 7.74. The van der Waals surface area contributed by atoms with Gasteiger partial charge in [0.1, 0.15) is 5.82 Å². The molecule has 0 aliphatic carbocycles. The predicted octanol–water partition coefficient (Wildman–Crippen LogP) is 3.96. The molecular formula is C20H21FO3. The first kappa shape index (κ1) is 17.9. The second kappa shape index (κ2) is 7.88. The van der Waals surface area contributed by atoms with Crippen LogP contribution in [0.4, 0.5) is 4.39 Å². The summed E-state index contributed by atoms with van der Waals surface area (Å²) in [5.41, 5.74) is 3.96. The first-order chi connectivity index (χ1) is 11.4. The molecule has 0 saturated heterocycles. The van der Waals surface area contributed by atoms with Crippen LogP contribution in [0.1, 0.15) is 23.6 Å². The average Bonchev–Trinajstić information content (AvgIpc) is 2.55. The zero-order valence-corrected chi connectivity index (χ0v) is 13.9. The van der Waals surface area contributed by atoms with Gasteiger partial charge < -0.3 is 9.84 Å². The number of halogens is 1. The normalized spacial score (nSPS) is 10.5. The fourth-order valence-electron chi connectivity index (χ4n) is 2.43. The van der Waals surface area contributed by atoms with E-state index in [2.05, 4.69) is 6.58 Å². The molecule has 2 rings (SSSR count). The Bertz CT molecular complexity index is 765. The molecule has 0 fully saturated rings. The van der Waals surface area contributed by atoms with E-state index in [9.17, 15) is 14.3 Å². The molecule has 2 aromatic carbocycles. The molecule has 3 nitrogen and oxygen atoms in total. The molecule has 2 aromatic rings. The van der Waals surface area contributed by atoms with Crippen molar-refractivity contribution in [1.29, 1.82) is 0 Å². The van der Waals surface area contributed by atoms with E-state index in [1.54, 1.807) is 25.1 Å². The minimum Gasteiger partial charge on any atom is -0.462 e. The predicted molar refractivity (Wildman–Crippen MR) is 92.0 cm³/mol. The Balaban J connectivity index is 2.30. The molecule has 4 heteroatoms. The molecule has 0 unspecified atom stereocenters. The molecule has 0 aromatic heterocycles. The third kappa shape index (κ3) is 4.30. The van der Waals surface area contributed by atoms with Gasteiger partial charge in [0.25, 0.3) is 0 Å². The summed E-state index contributed by atoms with van der Waals surface area (Å²) in [6, 6.07) is 10.4. The van der Waals surface area contributed by atoms with Crippen LogP contribution in [0.5, 0.6) is 0 Å². The van der Waals surface area contributed by atoms with Gasteiger partial charge in [0, 0.05) is 17.6 Å². The third-order valence-electron chi connectivity index (χ3n) is 3.72. The van der Waals surface area contributed by atoms with Gasteiger partial charge in [0.2, 0.25) is 0 Å². The zero-order chi connectivity index (χ0) is 17.7. The van der Waals surface area contributed by atoms with Gasteiger partial charge in [0.05, 0.1) is 13.2 Å². The second-order valence-electron chi connectivity index (χ2n) is 5.80. The molecule has 0 amide bonds. The third-order valence-corrected chi connectivity index (χ3v) is 3.72.